The van der Waals surface area contributed by atoms with Gasteiger partial charge in [0.2, 0.25) is 0 Å². The predicted molar refractivity (Wildman–Crippen MR) is 85.0 cm³/mol. The SMILES string of the molecule is OC1CCC(N2CC3CC(C(O)CBr)CCC3C2O)C(O)N1. The van der Waals surface area contributed by atoms with E-state index in [1.165, 1.54) is 0 Å². The van der Waals surface area contributed by atoms with E-state index in [4.69, 9.17) is 0 Å². The van der Waals surface area contributed by atoms with Crippen molar-refractivity contribution in [2.45, 2.75) is 62.9 Å². The summed E-state index contributed by atoms with van der Waals surface area (Å²) in [4.78, 5) is 2.00. The van der Waals surface area contributed by atoms with Gasteiger partial charge in [-0.25, -0.2) is 0 Å². The van der Waals surface area contributed by atoms with E-state index in [1.54, 1.807) is 0 Å². The molecule has 2 saturated heterocycles. The van der Waals surface area contributed by atoms with Crippen LogP contribution in [0, 0.1) is 17.8 Å². The fourth-order valence-electron chi connectivity index (χ4n) is 4.58. The Morgan fingerprint density at radius 2 is 1.91 bits per heavy atom. The first-order chi connectivity index (χ1) is 10.5. The number of halogens is 1. The maximum absolute atomic E-state index is 10.7. The summed E-state index contributed by atoms with van der Waals surface area (Å²) in [6.07, 6.45) is 1.77. The molecule has 0 amide bonds. The Morgan fingerprint density at radius 1 is 1.14 bits per heavy atom. The summed E-state index contributed by atoms with van der Waals surface area (Å²) in [7, 11) is 0. The third-order valence-electron chi connectivity index (χ3n) is 5.84. The van der Waals surface area contributed by atoms with Crippen LogP contribution in [0.5, 0.6) is 0 Å². The summed E-state index contributed by atoms with van der Waals surface area (Å²) < 4.78 is 0. The van der Waals surface area contributed by atoms with Gasteiger partial charge in [0, 0.05) is 17.8 Å². The maximum Gasteiger partial charge on any atom is 0.122 e. The van der Waals surface area contributed by atoms with E-state index in [2.05, 4.69) is 21.2 Å². The molecule has 128 valence electrons. The van der Waals surface area contributed by atoms with Crippen molar-refractivity contribution in [3.05, 3.63) is 0 Å². The number of aliphatic hydroxyl groups excluding tert-OH is 4. The minimum atomic E-state index is -0.803. The number of likely N-dealkylation sites (tertiary alicyclic amines) is 1. The molecule has 0 bridgehead atoms. The molecule has 6 nitrogen and oxygen atoms in total. The Kier molecular flexibility index (Phi) is 5.44. The molecule has 1 saturated carbocycles. The number of rotatable bonds is 3. The first-order valence-corrected chi connectivity index (χ1v) is 9.43. The number of piperidine rings is 1. The van der Waals surface area contributed by atoms with Gasteiger partial charge in [-0.1, -0.05) is 15.9 Å². The summed E-state index contributed by atoms with van der Waals surface area (Å²) in [5.74, 6) is 0.906. The first-order valence-electron chi connectivity index (χ1n) is 8.31. The number of alkyl halides is 1. The zero-order valence-electron chi connectivity index (χ0n) is 12.7. The molecular formula is C15H27BrN2O4. The van der Waals surface area contributed by atoms with Crippen molar-refractivity contribution in [3.63, 3.8) is 0 Å². The lowest BCUT2D eigenvalue weighted by Gasteiger charge is -2.39. The largest absolute Gasteiger partial charge is 0.392 e. The van der Waals surface area contributed by atoms with Crippen molar-refractivity contribution in [1.29, 1.82) is 0 Å². The van der Waals surface area contributed by atoms with E-state index < -0.39 is 18.7 Å². The minimum absolute atomic E-state index is 0.149. The number of hydrogen-bond acceptors (Lipinski definition) is 6. The van der Waals surface area contributed by atoms with Gasteiger partial charge >= 0.3 is 0 Å². The third kappa shape index (κ3) is 3.22. The second kappa shape index (κ2) is 7.01. The summed E-state index contributed by atoms with van der Waals surface area (Å²) in [5, 5.41) is 43.8. The molecule has 0 aromatic carbocycles. The van der Waals surface area contributed by atoms with E-state index in [0.717, 1.165) is 25.8 Å². The van der Waals surface area contributed by atoms with Gasteiger partial charge in [0.15, 0.2) is 0 Å². The van der Waals surface area contributed by atoms with Crippen LogP contribution in [0.1, 0.15) is 32.1 Å². The van der Waals surface area contributed by atoms with Crippen molar-refractivity contribution >= 4 is 15.9 Å². The highest BCUT2D eigenvalue weighted by Gasteiger charge is 2.48. The molecule has 3 fully saturated rings. The highest BCUT2D eigenvalue weighted by molar-refractivity contribution is 9.09. The minimum Gasteiger partial charge on any atom is -0.392 e. The van der Waals surface area contributed by atoms with Crippen LogP contribution in [-0.4, -0.2) is 68.0 Å². The molecule has 0 radical (unpaired) electrons. The van der Waals surface area contributed by atoms with Crippen molar-refractivity contribution < 1.29 is 20.4 Å². The molecule has 22 heavy (non-hydrogen) atoms. The summed E-state index contributed by atoms with van der Waals surface area (Å²) in [6.45, 7) is 0.761. The van der Waals surface area contributed by atoms with Crippen molar-refractivity contribution in [1.82, 2.24) is 10.2 Å². The zero-order valence-corrected chi connectivity index (χ0v) is 14.3. The normalized spacial score (nSPS) is 48.1. The van der Waals surface area contributed by atoms with Crippen LogP contribution >= 0.6 is 15.9 Å². The second-order valence-corrected chi connectivity index (χ2v) is 7.75. The number of nitrogens with one attached hydrogen (secondary N) is 1. The number of nitrogens with zero attached hydrogens (tertiary/aromatic N) is 1. The lowest BCUT2D eigenvalue weighted by Crippen LogP contribution is -2.58. The smallest absolute Gasteiger partial charge is 0.122 e. The maximum atomic E-state index is 10.7. The number of aliphatic hydroxyl groups is 4. The molecule has 3 rings (SSSR count). The van der Waals surface area contributed by atoms with Crippen LogP contribution in [0.25, 0.3) is 0 Å². The van der Waals surface area contributed by atoms with E-state index in [0.29, 0.717) is 30.0 Å². The topological polar surface area (TPSA) is 96.2 Å². The quantitative estimate of drug-likeness (QED) is 0.436. The molecule has 1 aliphatic carbocycles. The fraction of sp³-hybridized carbons (Fsp3) is 1.00. The molecule has 2 aliphatic heterocycles. The zero-order chi connectivity index (χ0) is 15.9. The Hall–Kier alpha value is 0.240. The van der Waals surface area contributed by atoms with Crippen molar-refractivity contribution in [2.24, 2.45) is 17.8 Å². The molecular weight excluding hydrogens is 352 g/mol. The van der Waals surface area contributed by atoms with E-state index >= 15 is 0 Å². The average Bonchev–Trinajstić information content (AvgIpc) is 2.83. The van der Waals surface area contributed by atoms with E-state index in [1.807, 2.05) is 4.90 Å². The van der Waals surface area contributed by atoms with Gasteiger partial charge in [-0.2, -0.15) is 0 Å². The molecule has 0 aromatic heterocycles. The Balaban J connectivity index is 1.65. The molecule has 7 heteroatoms. The standard InChI is InChI=1S/C15H27BrN2O4/c16-6-12(19)8-1-2-10-9(5-8)7-18(15(10)22)11-3-4-13(20)17-14(11)21/h8-15,17,19-22H,1-7H2. The lowest BCUT2D eigenvalue weighted by molar-refractivity contribution is -0.100. The average molecular weight is 379 g/mol. The lowest BCUT2D eigenvalue weighted by atomic mass is 9.74. The summed E-state index contributed by atoms with van der Waals surface area (Å²) in [5.41, 5.74) is 0. The molecule has 3 aliphatic rings. The van der Waals surface area contributed by atoms with Crippen LogP contribution in [0.2, 0.25) is 0 Å². The van der Waals surface area contributed by atoms with E-state index in [9.17, 15) is 20.4 Å². The van der Waals surface area contributed by atoms with Gasteiger partial charge in [0.1, 0.15) is 18.7 Å². The summed E-state index contributed by atoms with van der Waals surface area (Å²) >= 11 is 3.35. The Labute approximate surface area is 139 Å². The van der Waals surface area contributed by atoms with E-state index in [-0.39, 0.29) is 18.1 Å². The van der Waals surface area contributed by atoms with Crippen LogP contribution < -0.4 is 5.32 Å². The van der Waals surface area contributed by atoms with Gasteiger partial charge < -0.3 is 20.4 Å². The number of hydrogen-bond donors (Lipinski definition) is 5. The van der Waals surface area contributed by atoms with Crippen LogP contribution in [-0.2, 0) is 0 Å². The first kappa shape index (κ1) is 17.1. The predicted octanol–water partition coefficient (Wildman–Crippen LogP) is -0.202. The van der Waals surface area contributed by atoms with Crippen molar-refractivity contribution in [3.8, 4) is 0 Å². The van der Waals surface area contributed by atoms with Crippen LogP contribution in [0.3, 0.4) is 0 Å². The third-order valence-corrected chi connectivity index (χ3v) is 6.50. The van der Waals surface area contributed by atoms with Gasteiger partial charge in [-0.15, -0.1) is 0 Å². The summed E-state index contributed by atoms with van der Waals surface area (Å²) in [6, 6.07) is -0.149. The fourth-order valence-corrected chi connectivity index (χ4v) is 5.11. The van der Waals surface area contributed by atoms with Gasteiger partial charge in [0.05, 0.1) is 12.1 Å². The van der Waals surface area contributed by atoms with Crippen LogP contribution in [0.15, 0.2) is 0 Å². The van der Waals surface area contributed by atoms with Crippen molar-refractivity contribution in [2.75, 3.05) is 11.9 Å². The molecule has 0 spiro atoms. The monoisotopic (exact) mass is 378 g/mol. The highest BCUT2D eigenvalue weighted by atomic mass is 79.9. The Morgan fingerprint density at radius 3 is 2.59 bits per heavy atom. The number of fused-ring (bicyclic) bond motifs is 1. The van der Waals surface area contributed by atoms with Crippen LogP contribution in [0.4, 0.5) is 0 Å². The molecule has 8 atom stereocenters. The van der Waals surface area contributed by atoms with Gasteiger partial charge in [-0.3, -0.25) is 10.2 Å². The van der Waals surface area contributed by atoms with Gasteiger partial charge in [-0.05, 0) is 43.9 Å². The van der Waals surface area contributed by atoms with Gasteiger partial charge in [0.25, 0.3) is 0 Å². The highest BCUT2D eigenvalue weighted by Crippen LogP contribution is 2.44. The molecule has 0 aromatic rings. The Bertz CT molecular complexity index is 389. The molecule has 2 heterocycles. The molecule has 8 unspecified atom stereocenters. The second-order valence-electron chi connectivity index (χ2n) is 7.10. The molecule has 5 N–H and O–H groups in total.